The number of nitrogens with zero attached hydrogens (tertiary/aromatic N) is 1. The van der Waals surface area contributed by atoms with Crippen molar-refractivity contribution in [2.45, 2.75) is 26.3 Å². The zero-order valence-electron chi connectivity index (χ0n) is 10.7. The maximum Gasteiger partial charge on any atom is 0.211 e. The standard InChI is InChI=1S/C10H22N4O2S/c1-4-17(15,16)13-6-5-12-10(11-3)14-9-7-8(9)2/h8-9,13H,4-7H2,1-3H3,(H2,11,12,14). The van der Waals surface area contributed by atoms with E-state index >= 15 is 0 Å². The predicted molar refractivity (Wildman–Crippen MR) is 69.5 cm³/mol. The van der Waals surface area contributed by atoms with Gasteiger partial charge in [0.25, 0.3) is 0 Å². The van der Waals surface area contributed by atoms with Gasteiger partial charge < -0.3 is 10.6 Å². The molecule has 0 saturated heterocycles. The Morgan fingerprint density at radius 3 is 2.53 bits per heavy atom. The van der Waals surface area contributed by atoms with E-state index in [0.717, 1.165) is 5.96 Å². The van der Waals surface area contributed by atoms with E-state index in [1.165, 1.54) is 6.42 Å². The molecule has 3 N–H and O–H groups in total. The fraction of sp³-hybridized carbons (Fsp3) is 0.900. The summed E-state index contributed by atoms with van der Waals surface area (Å²) < 4.78 is 24.8. The Morgan fingerprint density at radius 1 is 1.41 bits per heavy atom. The van der Waals surface area contributed by atoms with E-state index in [1.54, 1.807) is 14.0 Å². The number of hydrogen-bond donors (Lipinski definition) is 3. The molecule has 2 unspecified atom stereocenters. The lowest BCUT2D eigenvalue weighted by Gasteiger charge is -2.11. The van der Waals surface area contributed by atoms with Crippen LogP contribution in [0.1, 0.15) is 20.3 Å². The summed E-state index contributed by atoms with van der Waals surface area (Å²) in [5, 5.41) is 6.33. The fourth-order valence-corrected chi connectivity index (χ4v) is 2.00. The average Bonchev–Trinajstić information content (AvgIpc) is 2.98. The molecule has 0 aromatic heterocycles. The van der Waals surface area contributed by atoms with E-state index in [-0.39, 0.29) is 5.75 Å². The largest absolute Gasteiger partial charge is 0.355 e. The number of nitrogens with one attached hydrogen (secondary N) is 3. The Morgan fingerprint density at radius 2 is 2.06 bits per heavy atom. The van der Waals surface area contributed by atoms with E-state index in [9.17, 15) is 8.42 Å². The number of guanidine groups is 1. The van der Waals surface area contributed by atoms with Crippen LogP contribution in [0.25, 0.3) is 0 Å². The second-order valence-electron chi connectivity index (χ2n) is 4.26. The second kappa shape index (κ2) is 6.20. The normalized spacial score (nSPS) is 24.5. The van der Waals surface area contributed by atoms with Gasteiger partial charge in [0, 0.05) is 26.2 Å². The number of rotatable bonds is 6. The molecule has 100 valence electrons. The minimum absolute atomic E-state index is 0.111. The Bertz CT molecular complexity index is 367. The van der Waals surface area contributed by atoms with Gasteiger partial charge in [-0.15, -0.1) is 0 Å². The van der Waals surface area contributed by atoms with Crippen LogP contribution in [0.2, 0.25) is 0 Å². The Balaban J connectivity index is 2.16. The van der Waals surface area contributed by atoms with Crippen molar-refractivity contribution in [1.82, 2.24) is 15.4 Å². The summed E-state index contributed by atoms with van der Waals surface area (Å²) in [6, 6.07) is 0.508. The highest BCUT2D eigenvalue weighted by atomic mass is 32.2. The molecule has 0 aromatic rings. The van der Waals surface area contributed by atoms with Crippen molar-refractivity contribution in [2.24, 2.45) is 10.9 Å². The summed E-state index contributed by atoms with van der Waals surface area (Å²) in [4.78, 5) is 4.07. The van der Waals surface area contributed by atoms with Gasteiger partial charge in [0.15, 0.2) is 5.96 Å². The minimum Gasteiger partial charge on any atom is -0.355 e. The summed E-state index contributed by atoms with van der Waals surface area (Å²) in [6.45, 7) is 4.70. The van der Waals surface area contributed by atoms with Gasteiger partial charge in [0.05, 0.1) is 5.75 Å². The average molecular weight is 262 g/mol. The molecule has 2 atom stereocenters. The van der Waals surface area contributed by atoms with Gasteiger partial charge in [-0.2, -0.15) is 0 Å². The van der Waals surface area contributed by atoms with Crippen LogP contribution in [-0.4, -0.2) is 46.3 Å². The van der Waals surface area contributed by atoms with Crippen molar-refractivity contribution in [1.29, 1.82) is 0 Å². The summed E-state index contributed by atoms with van der Waals surface area (Å²) in [7, 11) is -1.39. The lowest BCUT2D eigenvalue weighted by Crippen LogP contribution is -2.42. The molecule has 0 radical (unpaired) electrons. The molecule has 1 aliphatic rings. The second-order valence-corrected chi connectivity index (χ2v) is 6.36. The maximum absolute atomic E-state index is 11.2. The molecule has 0 amide bonds. The van der Waals surface area contributed by atoms with E-state index in [1.807, 2.05) is 0 Å². The summed E-state index contributed by atoms with van der Waals surface area (Å²) >= 11 is 0. The van der Waals surface area contributed by atoms with E-state index in [0.29, 0.717) is 25.0 Å². The molecule has 0 spiro atoms. The van der Waals surface area contributed by atoms with Gasteiger partial charge in [0.2, 0.25) is 10.0 Å². The van der Waals surface area contributed by atoms with Gasteiger partial charge in [-0.3, -0.25) is 4.99 Å². The van der Waals surface area contributed by atoms with E-state index in [4.69, 9.17) is 0 Å². The topological polar surface area (TPSA) is 82.6 Å². The fourth-order valence-electron chi connectivity index (χ4n) is 1.38. The molecular formula is C10H22N4O2S. The van der Waals surface area contributed by atoms with Crippen LogP contribution in [0, 0.1) is 5.92 Å². The summed E-state index contributed by atoms with van der Waals surface area (Å²) in [6.07, 6.45) is 1.17. The van der Waals surface area contributed by atoms with Crippen LogP contribution in [0.5, 0.6) is 0 Å². The SMILES string of the molecule is CCS(=O)(=O)NCCNC(=NC)NC1CC1C. The van der Waals surface area contributed by atoms with Crippen LogP contribution in [0.15, 0.2) is 4.99 Å². The highest BCUT2D eigenvalue weighted by Crippen LogP contribution is 2.28. The molecule has 1 saturated carbocycles. The van der Waals surface area contributed by atoms with E-state index in [2.05, 4.69) is 27.3 Å². The predicted octanol–water partition coefficient (Wildman–Crippen LogP) is -0.501. The van der Waals surface area contributed by atoms with Crippen LogP contribution < -0.4 is 15.4 Å². The third-order valence-electron chi connectivity index (χ3n) is 2.77. The van der Waals surface area contributed by atoms with Crippen molar-refractivity contribution in [2.75, 3.05) is 25.9 Å². The number of hydrogen-bond acceptors (Lipinski definition) is 3. The molecule has 0 heterocycles. The summed E-state index contributed by atoms with van der Waals surface area (Å²) in [5.74, 6) is 1.54. The van der Waals surface area contributed by atoms with Crippen molar-refractivity contribution in [3.05, 3.63) is 0 Å². The van der Waals surface area contributed by atoms with Crippen molar-refractivity contribution in [3.8, 4) is 0 Å². The Labute approximate surface area is 103 Å². The van der Waals surface area contributed by atoms with Crippen LogP contribution in [0.4, 0.5) is 0 Å². The van der Waals surface area contributed by atoms with Crippen molar-refractivity contribution >= 4 is 16.0 Å². The highest BCUT2D eigenvalue weighted by molar-refractivity contribution is 7.89. The zero-order chi connectivity index (χ0) is 12.9. The first-order chi connectivity index (χ1) is 7.98. The van der Waals surface area contributed by atoms with Crippen LogP contribution in [0.3, 0.4) is 0 Å². The third-order valence-corrected chi connectivity index (χ3v) is 4.18. The summed E-state index contributed by atoms with van der Waals surface area (Å²) in [5.41, 5.74) is 0. The van der Waals surface area contributed by atoms with Gasteiger partial charge in [-0.05, 0) is 19.3 Å². The first-order valence-electron chi connectivity index (χ1n) is 5.93. The monoisotopic (exact) mass is 262 g/mol. The smallest absolute Gasteiger partial charge is 0.211 e. The van der Waals surface area contributed by atoms with E-state index < -0.39 is 10.0 Å². The Hall–Kier alpha value is -0.820. The first kappa shape index (κ1) is 14.2. The maximum atomic E-state index is 11.2. The molecule has 0 aromatic carbocycles. The molecule has 6 nitrogen and oxygen atoms in total. The Kier molecular flexibility index (Phi) is 5.20. The van der Waals surface area contributed by atoms with Crippen molar-refractivity contribution < 1.29 is 8.42 Å². The van der Waals surface area contributed by atoms with Gasteiger partial charge in [-0.25, -0.2) is 13.1 Å². The molecule has 1 aliphatic carbocycles. The molecule has 17 heavy (non-hydrogen) atoms. The molecule has 0 bridgehead atoms. The minimum atomic E-state index is -3.09. The molecule has 1 rings (SSSR count). The lowest BCUT2D eigenvalue weighted by atomic mass is 10.5. The third kappa shape index (κ3) is 5.36. The van der Waals surface area contributed by atoms with Gasteiger partial charge >= 0.3 is 0 Å². The zero-order valence-corrected chi connectivity index (χ0v) is 11.5. The quantitative estimate of drug-likeness (QED) is 0.342. The molecular weight excluding hydrogens is 240 g/mol. The van der Waals surface area contributed by atoms with Crippen molar-refractivity contribution in [3.63, 3.8) is 0 Å². The number of aliphatic imine (C=N–C) groups is 1. The first-order valence-corrected chi connectivity index (χ1v) is 7.58. The molecule has 7 heteroatoms. The molecule has 0 aliphatic heterocycles. The van der Waals surface area contributed by atoms with Crippen LogP contribution in [-0.2, 0) is 10.0 Å². The highest BCUT2D eigenvalue weighted by Gasteiger charge is 2.33. The van der Waals surface area contributed by atoms with Gasteiger partial charge in [-0.1, -0.05) is 6.92 Å². The number of sulfonamides is 1. The molecule has 1 fully saturated rings. The van der Waals surface area contributed by atoms with Gasteiger partial charge in [0.1, 0.15) is 0 Å². The van der Waals surface area contributed by atoms with Crippen LogP contribution >= 0.6 is 0 Å². The lowest BCUT2D eigenvalue weighted by molar-refractivity contribution is 0.581.